The zero-order chi connectivity index (χ0) is 23.4. The summed E-state index contributed by atoms with van der Waals surface area (Å²) in [5.41, 5.74) is 5.49. The molecule has 0 atom stereocenters. The highest BCUT2D eigenvalue weighted by Gasteiger charge is 2.25. The van der Waals surface area contributed by atoms with Crippen molar-refractivity contribution in [2.75, 3.05) is 36.4 Å². The molecule has 3 aromatic rings. The first-order chi connectivity index (χ1) is 15.9. The molecule has 7 heteroatoms. The molecular formula is C26H30ClN5O. The highest BCUT2D eigenvalue weighted by molar-refractivity contribution is 6.30. The van der Waals surface area contributed by atoms with E-state index < -0.39 is 0 Å². The van der Waals surface area contributed by atoms with Gasteiger partial charge in [-0.1, -0.05) is 54.4 Å². The van der Waals surface area contributed by atoms with Crippen LogP contribution in [0.4, 0.5) is 16.3 Å². The topological polar surface area (TPSA) is 61.4 Å². The van der Waals surface area contributed by atoms with Gasteiger partial charge in [0, 0.05) is 54.6 Å². The lowest BCUT2D eigenvalue weighted by Crippen LogP contribution is -2.50. The second-order valence-corrected chi connectivity index (χ2v) is 8.89. The summed E-state index contributed by atoms with van der Waals surface area (Å²) in [6.45, 7) is 8.90. The van der Waals surface area contributed by atoms with Crippen LogP contribution in [0.2, 0.25) is 5.02 Å². The number of nitrogens with zero attached hydrogens (tertiary/aromatic N) is 4. The molecule has 0 unspecified atom stereocenters. The van der Waals surface area contributed by atoms with E-state index in [2.05, 4.69) is 48.3 Å². The van der Waals surface area contributed by atoms with E-state index in [0.717, 1.165) is 43.3 Å². The Morgan fingerprint density at radius 1 is 1.03 bits per heavy atom. The number of nitrogens with one attached hydrogen (secondary N) is 1. The van der Waals surface area contributed by atoms with Crippen LogP contribution in [-0.2, 0) is 12.8 Å². The molecule has 0 aliphatic carbocycles. The van der Waals surface area contributed by atoms with E-state index in [1.165, 1.54) is 16.7 Å². The number of urea groups is 1. The molecule has 1 aliphatic heterocycles. The fourth-order valence-electron chi connectivity index (χ4n) is 4.17. The van der Waals surface area contributed by atoms with Crippen molar-refractivity contribution in [1.29, 1.82) is 0 Å². The van der Waals surface area contributed by atoms with Gasteiger partial charge in [0.05, 0.1) is 0 Å². The second kappa shape index (κ2) is 10.2. The standard InChI is InChI=1S/C26H30ClN5O/c1-4-24-23(16-20-10-8-18(2)9-11-20)25(29-19(3)28-24)31-12-14-32(15-13-31)26(33)30-22-7-5-6-21(27)17-22/h5-11,17H,4,12-16H2,1-3H3,(H,30,33). The molecular weight excluding hydrogens is 434 g/mol. The maximum atomic E-state index is 12.7. The Bertz CT molecular complexity index is 1120. The maximum absolute atomic E-state index is 12.7. The number of anilines is 2. The van der Waals surface area contributed by atoms with Crippen molar-refractivity contribution < 1.29 is 4.79 Å². The molecule has 172 valence electrons. The van der Waals surface area contributed by atoms with Gasteiger partial charge in [0.2, 0.25) is 0 Å². The van der Waals surface area contributed by atoms with Gasteiger partial charge in [-0.05, 0) is 44.0 Å². The van der Waals surface area contributed by atoms with E-state index in [-0.39, 0.29) is 6.03 Å². The average molecular weight is 464 g/mol. The van der Waals surface area contributed by atoms with E-state index in [1.54, 1.807) is 12.1 Å². The van der Waals surface area contributed by atoms with E-state index in [4.69, 9.17) is 21.6 Å². The minimum atomic E-state index is -0.107. The van der Waals surface area contributed by atoms with Crippen molar-refractivity contribution in [1.82, 2.24) is 14.9 Å². The molecule has 2 amide bonds. The van der Waals surface area contributed by atoms with Crippen LogP contribution in [0.1, 0.15) is 35.1 Å². The first-order valence-electron chi connectivity index (χ1n) is 11.4. The molecule has 6 nitrogen and oxygen atoms in total. The van der Waals surface area contributed by atoms with E-state index >= 15 is 0 Å². The molecule has 0 bridgehead atoms. The lowest BCUT2D eigenvalue weighted by Gasteiger charge is -2.36. The summed E-state index contributed by atoms with van der Waals surface area (Å²) in [4.78, 5) is 26.5. The van der Waals surface area contributed by atoms with Crippen LogP contribution in [0.25, 0.3) is 0 Å². The number of benzene rings is 2. The Labute approximate surface area is 200 Å². The molecule has 1 N–H and O–H groups in total. The number of hydrogen-bond acceptors (Lipinski definition) is 4. The van der Waals surface area contributed by atoms with E-state index in [9.17, 15) is 4.79 Å². The lowest BCUT2D eigenvalue weighted by molar-refractivity contribution is 0.208. The second-order valence-electron chi connectivity index (χ2n) is 8.45. The molecule has 0 saturated carbocycles. The Hall–Kier alpha value is -3.12. The van der Waals surface area contributed by atoms with Gasteiger partial charge in [-0.3, -0.25) is 0 Å². The van der Waals surface area contributed by atoms with Crippen molar-refractivity contribution in [2.45, 2.75) is 33.6 Å². The van der Waals surface area contributed by atoms with E-state index in [1.807, 2.05) is 24.0 Å². The third-order valence-corrected chi connectivity index (χ3v) is 6.20. The molecule has 1 aromatic heterocycles. The third-order valence-electron chi connectivity index (χ3n) is 5.96. The third kappa shape index (κ3) is 5.63. The van der Waals surface area contributed by atoms with Crippen LogP contribution >= 0.6 is 11.6 Å². The number of hydrogen-bond donors (Lipinski definition) is 1. The highest BCUT2D eigenvalue weighted by atomic mass is 35.5. The minimum absolute atomic E-state index is 0.107. The number of rotatable bonds is 5. The number of carbonyl (C=O) groups is 1. The van der Waals surface area contributed by atoms with Gasteiger partial charge < -0.3 is 15.1 Å². The molecule has 33 heavy (non-hydrogen) atoms. The van der Waals surface area contributed by atoms with Crippen LogP contribution in [0.15, 0.2) is 48.5 Å². The molecule has 0 radical (unpaired) electrons. The number of amides is 2. The molecule has 1 saturated heterocycles. The Balaban J connectivity index is 1.49. The lowest BCUT2D eigenvalue weighted by atomic mass is 10.0. The molecule has 2 heterocycles. The number of aryl methyl sites for hydroxylation is 3. The SMILES string of the molecule is CCc1nc(C)nc(N2CCN(C(=O)Nc3cccc(Cl)c3)CC2)c1Cc1ccc(C)cc1. The van der Waals surface area contributed by atoms with Crippen molar-refractivity contribution in [2.24, 2.45) is 0 Å². The quantitative estimate of drug-likeness (QED) is 0.561. The minimum Gasteiger partial charge on any atom is -0.353 e. The molecule has 2 aromatic carbocycles. The summed E-state index contributed by atoms with van der Waals surface area (Å²) in [7, 11) is 0. The number of piperazine rings is 1. The van der Waals surface area contributed by atoms with Gasteiger partial charge in [-0.2, -0.15) is 0 Å². The summed E-state index contributed by atoms with van der Waals surface area (Å²) in [6.07, 6.45) is 1.66. The van der Waals surface area contributed by atoms with Crippen LogP contribution in [0.3, 0.4) is 0 Å². The van der Waals surface area contributed by atoms with Gasteiger partial charge in [0.1, 0.15) is 11.6 Å². The van der Waals surface area contributed by atoms with Crippen molar-refractivity contribution >= 4 is 29.1 Å². The van der Waals surface area contributed by atoms with Crippen molar-refractivity contribution in [3.05, 3.63) is 81.8 Å². The Morgan fingerprint density at radius 2 is 1.76 bits per heavy atom. The summed E-state index contributed by atoms with van der Waals surface area (Å²) >= 11 is 6.04. The van der Waals surface area contributed by atoms with E-state index in [0.29, 0.717) is 23.8 Å². The van der Waals surface area contributed by atoms with Gasteiger partial charge >= 0.3 is 6.03 Å². The van der Waals surface area contributed by atoms with Gasteiger partial charge in [0.25, 0.3) is 0 Å². The fraction of sp³-hybridized carbons (Fsp3) is 0.346. The number of halogens is 1. The molecule has 0 spiro atoms. The number of carbonyl (C=O) groups excluding carboxylic acids is 1. The highest BCUT2D eigenvalue weighted by Crippen LogP contribution is 2.26. The smallest absolute Gasteiger partial charge is 0.321 e. The summed E-state index contributed by atoms with van der Waals surface area (Å²) in [5.74, 6) is 1.78. The predicted molar refractivity (Wildman–Crippen MR) is 134 cm³/mol. The zero-order valence-electron chi connectivity index (χ0n) is 19.4. The zero-order valence-corrected chi connectivity index (χ0v) is 20.2. The first-order valence-corrected chi connectivity index (χ1v) is 11.8. The monoisotopic (exact) mass is 463 g/mol. The normalized spacial score (nSPS) is 13.8. The average Bonchev–Trinajstić information content (AvgIpc) is 2.81. The van der Waals surface area contributed by atoms with Crippen LogP contribution in [-0.4, -0.2) is 47.1 Å². The first kappa shape index (κ1) is 23.1. The summed E-state index contributed by atoms with van der Waals surface area (Å²) in [5, 5.41) is 3.54. The summed E-state index contributed by atoms with van der Waals surface area (Å²) in [6, 6.07) is 15.8. The van der Waals surface area contributed by atoms with Crippen LogP contribution < -0.4 is 10.2 Å². The molecule has 4 rings (SSSR count). The van der Waals surface area contributed by atoms with Crippen molar-refractivity contribution in [3.63, 3.8) is 0 Å². The van der Waals surface area contributed by atoms with Crippen LogP contribution in [0.5, 0.6) is 0 Å². The maximum Gasteiger partial charge on any atom is 0.321 e. The Morgan fingerprint density at radius 3 is 2.42 bits per heavy atom. The predicted octanol–water partition coefficient (Wildman–Crippen LogP) is 5.25. The molecule has 1 fully saturated rings. The van der Waals surface area contributed by atoms with Gasteiger partial charge in [0.15, 0.2) is 0 Å². The van der Waals surface area contributed by atoms with Crippen LogP contribution in [0, 0.1) is 13.8 Å². The largest absolute Gasteiger partial charge is 0.353 e. The van der Waals surface area contributed by atoms with Gasteiger partial charge in [-0.25, -0.2) is 14.8 Å². The summed E-state index contributed by atoms with van der Waals surface area (Å²) < 4.78 is 0. The number of aromatic nitrogens is 2. The molecule has 1 aliphatic rings. The van der Waals surface area contributed by atoms with Crippen molar-refractivity contribution in [3.8, 4) is 0 Å². The Kier molecular flexibility index (Phi) is 7.14. The fourth-order valence-corrected chi connectivity index (χ4v) is 4.36. The van der Waals surface area contributed by atoms with Gasteiger partial charge in [-0.15, -0.1) is 0 Å².